The van der Waals surface area contributed by atoms with Crippen molar-refractivity contribution in [3.05, 3.63) is 11.8 Å². The number of likely N-dealkylation sites (tertiary alicyclic amines) is 1. The standard InChI is InChI=1S/C12H23N/c1-3-5-10-13-11-8-6-7-9-12(13)4-2/h4H,3,5-11H2,1-2H3. The van der Waals surface area contributed by atoms with E-state index >= 15 is 0 Å². The molecule has 1 aliphatic rings. The van der Waals surface area contributed by atoms with Gasteiger partial charge in [0.2, 0.25) is 0 Å². The van der Waals surface area contributed by atoms with Crippen LogP contribution in [0.15, 0.2) is 11.8 Å². The van der Waals surface area contributed by atoms with Crippen LogP contribution in [0.1, 0.15) is 52.4 Å². The fraction of sp³-hybridized carbons (Fsp3) is 0.833. The van der Waals surface area contributed by atoms with Gasteiger partial charge in [-0.3, -0.25) is 0 Å². The zero-order chi connectivity index (χ0) is 9.52. The van der Waals surface area contributed by atoms with Crippen LogP contribution >= 0.6 is 0 Å². The molecule has 0 bridgehead atoms. The van der Waals surface area contributed by atoms with Crippen molar-refractivity contribution < 1.29 is 0 Å². The van der Waals surface area contributed by atoms with E-state index in [0.29, 0.717) is 0 Å². The van der Waals surface area contributed by atoms with Gasteiger partial charge in [0.15, 0.2) is 0 Å². The van der Waals surface area contributed by atoms with Gasteiger partial charge in [-0.2, -0.15) is 0 Å². The second-order valence-corrected chi connectivity index (χ2v) is 3.93. The normalized spacial score (nSPS) is 22.0. The molecule has 13 heavy (non-hydrogen) atoms. The molecule has 1 saturated heterocycles. The summed E-state index contributed by atoms with van der Waals surface area (Å²) in [5.74, 6) is 0. The lowest BCUT2D eigenvalue weighted by Crippen LogP contribution is -2.23. The molecule has 0 atom stereocenters. The molecule has 1 aliphatic heterocycles. The molecule has 0 radical (unpaired) electrons. The van der Waals surface area contributed by atoms with Crippen molar-refractivity contribution in [3.8, 4) is 0 Å². The second-order valence-electron chi connectivity index (χ2n) is 3.93. The molecule has 0 amide bonds. The third kappa shape index (κ3) is 3.41. The van der Waals surface area contributed by atoms with Crippen LogP contribution in [-0.4, -0.2) is 18.0 Å². The summed E-state index contributed by atoms with van der Waals surface area (Å²) in [5, 5.41) is 0. The zero-order valence-electron chi connectivity index (χ0n) is 9.18. The van der Waals surface area contributed by atoms with E-state index in [1.54, 1.807) is 5.70 Å². The average Bonchev–Trinajstić information content (AvgIpc) is 2.39. The predicted octanol–water partition coefficient (Wildman–Crippen LogP) is 3.57. The highest BCUT2D eigenvalue weighted by atomic mass is 15.1. The lowest BCUT2D eigenvalue weighted by molar-refractivity contribution is 0.337. The number of nitrogens with zero attached hydrogens (tertiary/aromatic N) is 1. The number of hydrogen-bond donors (Lipinski definition) is 0. The lowest BCUT2D eigenvalue weighted by Gasteiger charge is -2.25. The molecule has 0 unspecified atom stereocenters. The Morgan fingerprint density at radius 1 is 1.31 bits per heavy atom. The molecular weight excluding hydrogens is 158 g/mol. The SMILES string of the molecule is CC=C1CCCCCN1CCCC. The van der Waals surface area contributed by atoms with Crippen LogP contribution in [0.2, 0.25) is 0 Å². The predicted molar refractivity (Wildman–Crippen MR) is 58.7 cm³/mol. The Kier molecular flexibility index (Phi) is 4.95. The van der Waals surface area contributed by atoms with Crippen LogP contribution < -0.4 is 0 Å². The minimum Gasteiger partial charge on any atom is -0.375 e. The smallest absolute Gasteiger partial charge is 0.0174 e. The van der Waals surface area contributed by atoms with Crippen molar-refractivity contribution in [2.24, 2.45) is 0 Å². The molecule has 76 valence electrons. The Hall–Kier alpha value is -0.460. The third-order valence-electron chi connectivity index (χ3n) is 2.88. The van der Waals surface area contributed by atoms with Crippen molar-refractivity contribution in [2.75, 3.05) is 13.1 Å². The van der Waals surface area contributed by atoms with Crippen LogP contribution in [0.5, 0.6) is 0 Å². The van der Waals surface area contributed by atoms with E-state index in [2.05, 4.69) is 24.8 Å². The summed E-state index contributed by atoms with van der Waals surface area (Å²) in [5.41, 5.74) is 1.59. The molecule has 0 spiro atoms. The second kappa shape index (κ2) is 6.06. The van der Waals surface area contributed by atoms with E-state index in [9.17, 15) is 0 Å². The Labute approximate surface area is 82.8 Å². The number of rotatable bonds is 3. The Balaban J connectivity index is 2.45. The Morgan fingerprint density at radius 3 is 2.85 bits per heavy atom. The van der Waals surface area contributed by atoms with Crippen LogP contribution in [0.25, 0.3) is 0 Å². The third-order valence-corrected chi connectivity index (χ3v) is 2.88. The maximum Gasteiger partial charge on any atom is 0.0174 e. The van der Waals surface area contributed by atoms with Crippen LogP contribution in [-0.2, 0) is 0 Å². The first-order valence-electron chi connectivity index (χ1n) is 5.78. The van der Waals surface area contributed by atoms with Gasteiger partial charge in [0.25, 0.3) is 0 Å². The summed E-state index contributed by atoms with van der Waals surface area (Å²) in [4.78, 5) is 2.59. The zero-order valence-corrected chi connectivity index (χ0v) is 9.18. The van der Waals surface area contributed by atoms with Crippen LogP contribution in [0.3, 0.4) is 0 Å². The van der Waals surface area contributed by atoms with E-state index in [1.165, 1.54) is 51.6 Å². The van der Waals surface area contributed by atoms with Crippen molar-refractivity contribution in [1.29, 1.82) is 0 Å². The molecule has 0 aromatic rings. The summed E-state index contributed by atoms with van der Waals surface area (Å²) < 4.78 is 0. The maximum atomic E-state index is 2.59. The fourth-order valence-corrected chi connectivity index (χ4v) is 2.02. The van der Waals surface area contributed by atoms with Gasteiger partial charge >= 0.3 is 0 Å². The van der Waals surface area contributed by atoms with Gasteiger partial charge in [-0.15, -0.1) is 0 Å². The fourth-order valence-electron chi connectivity index (χ4n) is 2.02. The Bertz CT molecular complexity index is 161. The van der Waals surface area contributed by atoms with Gasteiger partial charge in [0.1, 0.15) is 0 Å². The van der Waals surface area contributed by atoms with Crippen molar-refractivity contribution in [1.82, 2.24) is 4.90 Å². The van der Waals surface area contributed by atoms with E-state index in [4.69, 9.17) is 0 Å². The maximum absolute atomic E-state index is 2.59. The van der Waals surface area contributed by atoms with Crippen molar-refractivity contribution >= 4 is 0 Å². The van der Waals surface area contributed by atoms with Gasteiger partial charge in [0, 0.05) is 18.8 Å². The summed E-state index contributed by atoms with van der Waals surface area (Å²) >= 11 is 0. The first-order valence-corrected chi connectivity index (χ1v) is 5.78. The Morgan fingerprint density at radius 2 is 2.15 bits per heavy atom. The van der Waals surface area contributed by atoms with Gasteiger partial charge in [0.05, 0.1) is 0 Å². The van der Waals surface area contributed by atoms with E-state index < -0.39 is 0 Å². The highest BCUT2D eigenvalue weighted by Gasteiger charge is 2.11. The van der Waals surface area contributed by atoms with E-state index in [1.807, 2.05) is 0 Å². The summed E-state index contributed by atoms with van der Waals surface area (Å²) in [6.45, 7) is 7.02. The monoisotopic (exact) mass is 181 g/mol. The highest BCUT2D eigenvalue weighted by molar-refractivity contribution is 5.00. The van der Waals surface area contributed by atoms with Gasteiger partial charge in [-0.25, -0.2) is 0 Å². The molecule has 1 fully saturated rings. The largest absolute Gasteiger partial charge is 0.375 e. The molecule has 0 aromatic heterocycles. The van der Waals surface area contributed by atoms with E-state index in [0.717, 1.165) is 0 Å². The number of hydrogen-bond acceptors (Lipinski definition) is 1. The summed E-state index contributed by atoms with van der Waals surface area (Å²) in [6.07, 6.45) is 10.5. The van der Waals surface area contributed by atoms with Gasteiger partial charge in [-0.05, 0) is 32.6 Å². The average molecular weight is 181 g/mol. The van der Waals surface area contributed by atoms with Gasteiger partial charge < -0.3 is 4.90 Å². The molecule has 1 heteroatoms. The molecule has 0 N–H and O–H groups in total. The first kappa shape index (κ1) is 10.6. The molecule has 0 aliphatic carbocycles. The van der Waals surface area contributed by atoms with E-state index in [-0.39, 0.29) is 0 Å². The quantitative estimate of drug-likeness (QED) is 0.643. The minimum absolute atomic E-state index is 1.27. The molecule has 1 rings (SSSR count). The molecule has 0 saturated carbocycles. The molecule has 0 aromatic carbocycles. The number of allylic oxidation sites excluding steroid dienone is 2. The first-order chi connectivity index (χ1) is 6.38. The molecular formula is C12H23N. The topological polar surface area (TPSA) is 3.24 Å². The number of unbranched alkanes of at least 4 members (excludes halogenated alkanes) is 1. The minimum atomic E-state index is 1.27. The lowest BCUT2D eigenvalue weighted by atomic mass is 10.2. The molecule has 1 nitrogen and oxygen atoms in total. The highest BCUT2D eigenvalue weighted by Crippen LogP contribution is 2.19. The van der Waals surface area contributed by atoms with Crippen molar-refractivity contribution in [3.63, 3.8) is 0 Å². The van der Waals surface area contributed by atoms with Crippen LogP contribution in [0, 0.1) is 0 Å². The molecule has 1 heterocycles. The van der Waals surface area contributed by atoms with Gasteiger partial charge in [-0.1, -0.05) is 25.8 Å². The van der Waals surface area contributed by atoms with Crippen LogP contribution in [0.4, 0.5) is 0 Å². The summed E-state index contributed by atoms with van der Waals surface area (Å²) in [6, 6.07) is 0. The summed E-state index contributed by atoms with van der Waals surface area (Å²) in [7, 11) is 0. The van der Waals surface area contributed by atoms with Crippen molar-refractivity contribution in [2.45, 2.75) is 52.4 Å².